The molecule has 9 heteroatoms. The first-order chi connectivity index (χ1) is 11.3. The standard InChI is InChI=1S/C15H11F3N4O2/c1-2-7-24-11-6-4-3-5-10(11)9-20-22-13(23)8-12(15(16,17)18)21-14(22)19/h1,3-6,8-9H,7H2,(H2,19,21). The fourth-order valence-corrected chi connectivity index (χ4v) is 1.71. The van der Waals surface area contributed by atoms with Gasteiger partial charge in [0.1, 0.15) is 12.4 Å². The van der Waals surface area contributed by atoms with Crippen molar-refractivity contribution in [1.29, 1.82) is 0 Å². The number of aromatic nitrogens is 2. The van der Waals surface area contributed by atoms with Gasteiger partial charge >= 0.3 is 6.18 Å². The third-order valence-corrected chi connectivity index (χ3v) is 2.75. The Bertz CT molecular complexity index is 866. The highest BCUT2D eigenvalue weighted by molar-refractivity contribution is 5.83. The number of hydrogen-bond donors (Lipinski definition) is 1. The largest absolute Gasteiger partial charge is 0.480 e. The van der Waals surface area contributed by atoms with Crippen LogP contribution in [0, 0.1) is 12.3 Å². The molecule has 2 N–H and O–H groups in total. The summed E-state index contributed by atoms with van der Waals surface area (Å²) in [5, 5.41) is 3.76. The van der Waals surface area contributed by atoms with E-state index in [1.54, 1.807) is 24.3 Å². The quantitative estimate of drug-likeness (QED) is 0.681. The number of rotatable bonds is 4. The Balaban J connectivity index is 2.37. The van der Waals surface area contributed by atoms with Gasteiger partial charge in [-0.05, 0) is 12.1 Å². The molecule has 0 spiro atoms. The Morgan fingerprint density at radius 3 is 2.75 bits per heavy atom. The third kappa shape index (κ3) is 3.92. The van der Waals surface area contributed by atoms with Crippen LogP contribution in [0.4, 0.5) is 19.1 Å². The molecule has 1 aromatic heterocycles. The lowest BCUT2D eigenvalue weighted by Crippen LogP contribution is -2.24. The Hall–Kier alpha value is -3.28. The lowest BCUT2D eigenvalue weighted by molar-refractivity contribution is -0.141. The summed E-state index contributed by atoms with van der Waals surface area (Å²) in [5.41, 5.74) is 3.40. The van der Waals surface area contributed by atoms with Crippen molar-refractivity contribution in [2.24, 2.45) is 5.10 Å². The van der Waals surface area contributed by atoms with Crippen LogP contribution in [0.25, 0.3) is 0 Å². The smallest absolute Gasteiger partial charge is 0.433 e. The van der Waals surface area contributed by atoms with Crippen molar-refractivity contribution < 1.29 is 17.9 Å². The lowest BCUT2D eigenvalue weighted by Gasteiger charge is -2.08. The van der Waals surface area contributed by atoms with E-state index < -0.39 is 23.4 Å². The summed E-state index contributed by atoms with van der Waals surface area (Å²) in [6.07, 6.45) is 1.54. The number of nitrogens with zero attached hydrogens (tertiary/aromatic N) is 3. The second kappa shape index (κ2) is 6.87. The number of nitrogen functional groups attached to an aromatic ring is 1. The molecule has 0 radical (unpaired) electrons. The monoisotopic (exact) mass is 336 g/mol. The highest BCUT2D eigenvalue weighted by atomic mass is 19.4. The van der Waals surface area contributed by atoms with E-state index in [4.69, 9.17) is 16.9 Å². The molecule has 0 aliphatic carbocycles. The molecule has 1 aromatic carbocycles. The van der Waals surface area contributed by atoms with E-state index in [1.165, 1.54) is 6.21 Å². The number of alkyl halides is 3. The van der Waals surface area contributed by atoms with Crippen LogP contribution in [0.1, 0.15) is 11.3 Å². The molecule has 0 saturated heterocycles. The van der Waals surface area contributed by atoms with Gasteiger partial charge in [-0.2, -0.15) is 22.9 Å². The molecule has 6 nitrogen and oxygen atoms in total. The van der Waals surface area contributed by atoms with Gasteiger partial charge in [0, 0.05) is 11.6 Å². The number of benzene rings is 1. The number of nitrogens with two attached hydrogens (primary N) is 1. The summed E-state index contributed by atoms with van der Waals surface area (Å²) in [7, 11) is 0. The second-order valence-corrected chi connectivity index (χ2v) is 4.42. The predicted molar refractivity (Wildman–Crippen MR) is 81.7 cm³/mol. The number of terminal acetylenes is 1. The predicted octanol–water partition coefficient (Wildman–Crippen LogP) is 1.74. The molecule has 24 heavy (non-hydrogen) atoms. The molecule has 2 rings (SSSR count). The van der Waals surface area contributed by atoms with E-state index in [9.17, 15) is 18.0 Å². The van der Waals surface area contributed by atoms with E-state index in [-0.39, 0.29) is 6.61 Å². The first-order valence-corrected chi connectivity index (χ1v) is 6.49. The Kier molecular flexibility index (Phi) is 4.89. The molecule has 0 atom stereocenters. The molecule has 0 fully saturated rings. The molecule has 0 aliphatic rings. The van der Waals surface area contributed by atoms with Gasteiger partial charge in [0.05, 0.1) is 6.21 Å². The highest BCUT2D eigenvalue weighted by Crippen LogP contribution is 2.26. The molecule has 1 heterocycles. The van der Waals surface area contributed by atoms with Crippen molar-refractivity contribution in [3.8, 4) is 18.1 Å². The van der Waals surface area contributed by atoms with E-state index >= 15 is 0 Å². The van der Waals surface area contributed by atoms with Gasteiger partial charge in [0.25, 0.3) is 5.56 Å². The van der Waals surface area contributed by atoms with Gasteiger partial charge < -0.3 is 10.5 Å². The number of halogens is 3. The summed E-state index contributed by atoms with van der Waals surface area (Å²) < 4.78 is 43.5. The number of anilines is 1. The molecule has 0 unspecified atom stereocenters. The minimum Gasteiger partial charge on any atom is -0.480 e. The molecule has 2 aromatic rings. The SMILES string of the molecule is C#CCOc1ccccc1C=Nn1c(N)nc(C(F)(F)F)cc1=O. The van der Waals surface area contributed by atoms with Crippen molar-refractivity contribution >= 4 is 12.2 Å². The van der Waals surface area contributed by atoms with Crippen LogP contribution < -0.4 is 16.0 Å². The summed E-state index contributed by atoms with van der Waals surface area (Å²) in [4.78, 5) is 14.9. The zero-order valence-corrected chi connectivity index (χ0v) is 12.1. The van der Waals surface area contributed by atoms with Crippen LogP contribution in [0.3, 0.4) is 0 Å². The highest BCUT2D eigenvalue weighted by Gasteiger charge is 2.33. The van der Waals surface area contributed by atoms with Crippen LogP contribution in [-0.2, 0) is 6.18 Å². The summed E-state index contributed by atoms with van der Waals surface area (Å²) >= 11 is 0. The maximum Gasteiger partial charge on any atom is 0.433 e. The molecule has 0 aliphatic heterocycles. The van der Waals surface area contributed by atoms with Crippen molar-refractivity contribution in [3.05, 3.63) is 51.9 Å². The van der Waals surface area contributed by atoms with E-state index in [2.05, 4.69) is 16.0 Å². The van der Waals surface area contributed by atoms with Gasteiger partial charge in [-0.15, -0.1) is 6.42 Å². The van der Waals surface area contributed by atoms with Crippen molar-refractivity contribution in [2.75, 3.05) is 12.3 Å². The normalized spacial score (nSPS) is 11.4. The molecule has 0 saturated carbocycles. The van der Waals surface area contributed by atoms with Gasteiger partial charge in [-0.3, -0.25) is 4.79 Å². The average Bonchev–Trinajstić information content (AvgIpc) is 2.52. The molecular weight excluding hydrogens is 325 g/mol. The molecule has 0 amide bonds. The first kappa shape index (κ1) is 17.1. The van der Waals surface area contributed by atoms with Crippen LogP contribution in [0.2, 0.25) is 0 Å². The summed E-state index contributed by atoms with van der Waals surface area (Å²) in [6, 6.07) is 6.93. The van der Waals surface area contributed by atoms with Gasteiger partial charge in [0.2, 0.25) is 5.95 Å². The Labute approximate surface area is 134 Å². The average molecular weight is 336 g/mol. The molecular formula is C15H11F3N4O2. The number of para-hydroxylation sites is 1. The molecule has 0 bridgehead atoms. The maximum absolute atomic E-state index is 12.6. The van der Waals surface area contributed by atoms with Crippen LogP contribution in [-0.4, -0.2) is 22.5 Å². The maximum atomic E-state index is 12.6. The second-order valence-electron chi connectivity index (χ2n) is 4.42. The van der Waals surface area contributed by atoms with Crippen molar-refractivity contribution in [2.45, 2.75) is 6.18 Å². The van der Waals surface area contributed by atoms with Gasteiger partial charge in [-0.1, -0.05) is 18.1 Å². The summed E-state index contributed by atoms with van der Waals surface area (Å²) in [6.45, 7) is 0.0226. The Morgan fingerprint density at radius 2 is 2.12 bits per heavy atom. The van der Waals surface area contributed by atoms with Crippen LogP contribution >= 0.6 is 0 Å². The van der Waals surface area contributed by atoms with E-state index in [0.29, 0.717) is 22.1 Å². The van der Waals surface area contributed by atoms with E-state index in [1.807, 2.05) is 0 Å². The number of ether oxygens (including phenoxy) is 1. The van der Waals surface area contributed by atoms with Crippen LogP contribution in [0.15, 0.2) is 40.2 Å². The zero-order chi connectivity index (χ0) is 17.7. The topological polar surface area (TPSA) is 82.5 Å². The molecule has 124 valence electrons. The van der Waals surface area contributed by atoms with Crippen molar-refractivity contribution in [1.82, 2.24) is 9.66 Å². The van der Waals surface area contributed by atoms with E-state index in [0.717, 1.165) is 0 Å². The fraction of sp³-hybridized carbons (Fsp3) is 0.133. The lowest BCUT2D eigenvalue weighted by atomic mass is 10.2. The summed E-state index contributed by atoms with van der Waals surface area (Å²) in [5.74, 6) is 2.00. The number of hydrogen-bond acceptors (Lipinski definition) is 5. The first-order valence-electron chi connectivity index (χ1n) is 6.49. The van der Waals surface area contributed by atoms with Crippen LogP contribution in [0.5, 0.6) is 5.75 Å². The van der Waals surface area contributed by atoms with Gasteiger partial charge in [-0.25, -0.2) is 4.98 Å². The third-order valence-electron chi connectivity index (χ3n) is 2.75. The van der Waals surface area contributed by atoms with Crippen molar-refractivity contribution in [3.63, 3.8) is 0 Å². The minimum absolute atomic E-state index is 0.0226. The van der Waals surface area contributed by atoms with Gasteiger partial charge in [0.15, 0.2) is 5.69 Å². The minimum atomic E-state index is -4.77. The Morgan fingerprint density at radius 1 is 1.42 bits per heavy atom. The fourth-order valence-electron chi connectivity index (χ4n) is 1.71. The zero-order valence-electron chi connectivity index (χ0n) is 12.1.